The lowest BCUT2D eigenvalue weighted by molar-refractivity contribution is -0.168. The highest BCUT2D eigenvalue weighted by Crippen LogP contribution is 2.15. The lowest BCUT2D eigenvalue weighted by atomic mass is 10.2. The summed E-state index contributed by atoms with van der Waals surface area (Å²) in [5, 5.41) is 2.53. The van der Waals surface area contributed by atoms with Crippen LogP contribution in [0.4, 0.5) is 4.79 Å². The maximum atomic E-state index is 11.5. The monoisotopic (exact) mass is 309 g/mol. The maximum Gasteiger partial charge on any atom is 0.410 e. The van der Waals surface area contributed by atoms with Crippen molar-refractivity contribution >= 4 is 12.1 Å². The van der Waals surface area contributed by atoms with Crippen LogP contribution in [-0.4, -0.2) is 31.5 Å². The smallest absolute Gasteiger partial charge is 0.410 e. The summed E-state index contributed by atoms with van der Waals surface area (Å²) in [6, 6.07) is 7.62. The predicted octanol–water partition coefficient (Wildman–Crippen LogP) is 2.65. The summed E-state index contributed by atoms with van der Waals surface area (Å²) in [5.74, 6) is 0.0942. The molecule has 1 amide bonds. The molecule has 0 saturated heterocycles. The molecule has 0 aromatic heterocycles. The Morgan fingerprint density at radius 3 is 2.45 bits per heavy atom. The highest BCUT2D eigenvalue weighted by Gasteiger charge is 2.16. The Balaban J connectivity index is 2.21. The lowest BCUT2D eigenvalue weighted by Crippen LogP contribution is -2.33. The number of carbonyl (C=O) groups is 2. The minimum Gasteiger partial charge on any atom is -0.491 e. The van der Waals surface area contributed by atoms with Crippen molar-refractivity contribution < 1.29 is 23.8 Å². The first-order chi connectivity index (χ1) is 10.4. The second kappa shape index (κ2) is 8.92. The SMILES string of the molecule is Cc1ccccc1OCCNC(=O)OC(C)OC(=O)C(C)C. The first-order valence-electron chi connectivity index (χ1n) is 7.23. The third-order valence-electron chi connectivity index (χ3n) is 2.75. The molecule has 0 radical (unpaired) electrons. The van der Waals surface area contributed by atoms with E-state index in [1.807, 2.05) is 31.2 Å². The fraction of sp³-hybridized carbons (Fsp3) is 0.500. The number of benzene rings is 1. The van der Waals surface area contributed by atoms with Crippen molar-refractivity contribution in [3.63, 3.8) is 0 Å². The molecule has 1 aromatic rings. The number of hydrogen-bond acceptors (Lipinski definition) is 5. The van der Waals surface area contributed by atoms with Gasteiger partial charge in [-0.1, -0.05) is 32.0 Å². The second-order valence-corrected chi connectivity index (χ2v) is 5.11. The number of aryl methyl sites for hydroxylation is 1. The first-order valence-corrected chi connectivity index (χ1v) is 7.23. The number of esters is 1. The van der Waals surface area contributed by atoms with Gasteiger partial charge in [-0.25, -0.2) is 4.79 Å². The average Bonchev–Trinajstić information content (AvgIpc) is 2.45. The van der Waals surface area contributed by atoms with Crippen LogP contribution in [0.2, 0.25) is 0 Å². The third kappa shape index (κ3) is 6.47. The number of para-hydroxylation sites is 1. The van der Waals surface area contributed by atoms with Gasteiger partial charge in [0.1, 0.15) is 12.4 Å². The van der Waals surface area contributed by atoms with Crippen LogP contribution in [-0.2, 0) is 14.3 Å². The summed E-state index contributed by atoms with van der Waals surface area (Å²) in [4.78, 5) is 22.8. The van der Waals surface area contributed by atoms with E-state index >= 15 is 0 Å². The van der Waals surface area contributed by atoms with Gasteiger partial charge in [0.25, 0.3) is 0 Å². The number of ether oxygens (including phenoxy) is 3. The molecule has 1 unspecified atom stereocenters. The topological polar surface area (TPSA) is 73.9 Å². The van der Waals surface area contributed by atoms with Crippen molar-refractivity contribution in [3.8, 4) is 5.75 Å². The molecule has 1 N–H and O–H groups in total. The van der Waals surface area contributed by atoms with Crippen LogP contribution < -0.4 is 10.1 Å². The Labute approximate surface area is 130 Å². The lowest BCUT2D eigenvalue weighted by Gasteiger charge is -2.16. The summed E-state index contributed by atoms with van der Waals surface area (Å²) in [5.41, 5.74) is 1.03. The van der Waals surface area contributed by atoms with Gasteiger partial charge in [0.15, 0.2) is 0 Å². The molecule has 0 aliphatic heterocycles. The molecule has 1 aromatic carbocycles. The standard InChI is InChI=1S/C16H23NO5/c1-11(2)15(18)21-13(4)22-16(19)17-9-10-20-14-8-6-5-7-12(14)3/h5-8,11,13H,9-10H2,1-4H3,(H,17,19). The van der Waals surface area contributed by atoms with Gasteiger partial charge in [0.05, 0.1) is 12.5 Å². The molecule has 1 rings (SSSR count). The van der Waals surface area contributed by atoms with Gasteiger partial charge in [-0.3, -0.25) is 4.79 Å². The van der Waals surface area contributed by atoms with Crippen LogP contribution in [0.5, 0.6) is 5.75 Å². The Bertz CT molecular complexity index is 501. The molecule has 6 heteroatoms. The van der Waals surface area contributed by atoms with Crippen LogP contribution in [0.25, 0.3) is 0 Å². The van der Waals surface area contributed by atoms with Gasteiger partial charge in [-0.2, -0.15) is 0 Å². The summed E-state index contributed by atoms with van der Waals surface area (Å²) in [7, 11) is 0. The Morgan fingerprint density at radius 2 is 1.82 bits per heavy atom. The Hall–Kier alpha value is -2.24. The zero-order valence-electron chi connectivity index (χ0n) is 13.4. The Morgan fingerprint density at radius 1 is 1.14 bits per heavy atom. The number of rotatable bonds is 7. The van der Waals surface area contributed by atoms with Crippen LogP contribution in [0.1, 0.15) is 26.3 Å². The van der Waals surface area contributed by atoms with Gasteiger partial charge >= 0.3 is 12.1 Å². The first kappa shape index (κ1) is 17.8. The summed E-state index contributed by atoms with van der Waals surface area (Å²) in [6.07, 6.45) is -1.58. The fourth-order valence-corrected chi connectivity index (χ4v) is 1.55. The summed E-state index contributed by atoms with van der Waals surface area (Å²) >= 11 is 0. The quantitative estimate of drug-likeness (QED) is 0.476. The van der Waals surface area contributed by atoms with E-state index in [2.05, 4.69) is 5.32 Å². The molecule has 0 heterocycles. The van der Waals surface area contributed by atoms with Crippen LogP contribution in [0.3, 0.4) is 0 Å². The number of alkyl carbamates (subject to hydrolysis) is 1. The predicted molar refractivity (Wildman–Crippen MR) is 81.5 cm³/mol. The van der Waals surface area contributed by atoms with E-state index in [9.17, 15) is 9.59 Å². The van der Waals surface area contributed by atoms with E-state index in [0.29, 0.717) is 6.61 Å². The van der Waals surface area contributed by atoms with Gasteiger partial charge < -0.3 is 19.5 Å². The van der Waals surface area contributed by atoms with Crippen molar-refractivity contribution in [1.29, 1.82) is 0 Å². The number of hydrogen-bond donors (Lipinski definition) is 1. The van der Waals surface area contributed by atoms with Crippen molar-refractivity contribution in [2.75, 3.05) is 13.2 Å². The molecule has 1 atom stereocenters. The summed E-state index contributed by atoms with van der Waals surface area (Å²) in [6.45, 7) is 7.46. The number of amides is 1. The van der Waals surface area contributed by atoms with Gasteiger partial charge in [0, 0.05) is 6.92 Å². The molecule has 0 bridgehead atoms. The van der Waals surface area contributed by atoms with E-state index in [1.165, 1.54) is 6.92 Å². The second-order valence-electron chi connectivity index (χ2n) is 5.11. The Kier molecular flexibility index (Phi) is 7.22. The molecular weight excluding hydrogens is 286 g/mol. The highest BCUT2D eigenvalue weighted by atomic mass is 16.7. The molecule has 0 fully saturated rings. The minimum absolute atomic E-state index is 0.267. The molecule has 0 aliphatic rings. The van der Waals surface area contributed by atoms with E-state index in [-0.39, 0.29) is 12.5 Å². The minimum atomic E-state index is -0.924. The van der Waals surface area contributed by atoms with Crippen LogP contribution in [0, 0.1) is 12.8 Å². The number of carbonyl (C=O) groups excluding carboxylic acids is 2. The molecule has 0 spiro atoms. The average molecular weight is 309 g/mol. The molecule has 122 valence electrons. The third-order valence-corrected chi connectivity index (χ3v) is 2.75. The number of nitrogens with one attached hydrogen (secondary N) is 1. The van der Waals surface area contributed by atoms with E-state index in [4.69, 9.17) is 14.2 Å². The van der Waals surface area contributed by atoms with Crippen molar-refractivity contribution in [2.24, 2.45) is 5.92 Å². The highest BCUT2D eigenvalue weighted by molar-refractivity contribution is 5.72. The zero-order chi connectivity index (χ0) is 16.5. The van der Waals surface area contributed by atoms with Crippen LogP contribution in [0.15, 0.2) is 24.3 Å². The maximum absolute atomic E-state index is 11.5. The van der Waals surface area contributed by atoms with Crippen molar-refractivity contribution in [2.45, 2.75) is 34.0 Å². The molecular formula is C16H23NO5. The van der Waals surface area contributed by atoms with Gasteiger partial charge in [-0.05, 0) is 18.6 Å². The van der Waals surface area contributed by atoms with Crippen molar-refractivity contribution in [1.82, 2.24) is 5.32 Å². The van der Waals surface area contributed by atoms with Gasteiger partial charge in [-0.15, -0.1) is 0 Å². The van der Waals surface area contributed by atoms with E-state index in [0.717, 1.165) is 11.3 Å². The molecule has 22 heavy (non-hydrogen) atoms. The fourth-order valence-electron chi connectivity index (χ4n) is 1.55. The van der Waals surface area contributed by atoms with Crippen LogP contribution >= 0.6 is 0 Å². The largest absolute Gasteiger partial charge is 0.491 e. The molecule has 0 aliphatic carbocycles. The van der Waals surface area contributed by atoms with Crippen molar-refractivity contribution in [3.05, 3.63) is 29.8 Å². The van der Waals surface area contributed by atoms with Gasteiger partial charge in [0.2, 0.25) is 6.29 Å². The molecule has 6 nitrogen and oxygen atoms in total. The molecule has 0 saturated carbocycles. The zero-order valence-corrected chi connectivity index (χ0v) is 13.4. The van der Waals surface area contributed by atoms with E-state index in [1.54, 1.807) is 13.8 Å². The van der Waals surface area contributed by atoms with E-state index < -0.39 is 18.4 Å². The summed E-state index contributed by atoms with van der Waals surface area (Å²) < 4.78 is 15.4. The normalized spacial score (nSPS) is 11.7.